The maximum Gasteiger partial charge on any atom is 0.306 e. The van der Waals surface area contributed by atoms with Gasteiger partial charge in [-0.05, 0) is 64.2 Å². The van der Waals surface area contributed by atoms with E-state index in [9.17, 15) is 9.59 Å². The fraction of sp³-hybridized carbons (Fsp3) is 0.880. The molecule has 0 aromatic rings. The Bertz CT molecular complexity index is 919. The topological polar surface area (TPSA) is 71.1 Å². The number of methoxy groups -OCH3 is 2. The number of ether oxygens (including phenoxy) is 4. The third kappa shape index (κ3) is 37.3. The van der Waals surface area contributed by atoms with Gasteiger partial charge in [0.2, 0.25) is 0 Å². The summed E-state index contributed by atoms with van der Waals surface area (Å²) in [6.07, 6.45) is 40.7. The van der Waals surface area contributed by atoms with Crippen LogP contribution in [0, 0.1) is 0 Å². The number of unbranched alkanes of at least 4 members (excludes halogenated alkanes) is 22. The lowest BCUT2D eigenvalue weighted by molar-refractivity contribution is -0.901. The predicted molar refractivity (Wildman–Crippen MR) is 246 cm³/mol. The van der Waals surface area contributed by atoms with Gasteiger partial charge in [0.05, 0.1) is 41.4 Å². The van der Waals surface area contributed by atoms with E-state index in [0.717, 1.165) is 64.5 Å². The monoisotopic (exact) mass is 823 g/mol. The Hall–Kier alpha value is -1.74. The molecule has 2 atom stereocenters. The van der Waals surface area contributed by atoms with Gasteiger partial charge in [-0.15, -0.1) is 0 Å². The first-order chi connectivity index (χ1) is 28.0. The molecule has 0 saturated heterocycles. The summed E-state index contributed by atoms with van der Waals surface area (Å²) >= 11 is 0. The minimum Gasteiger partial charge on any atom is -0.452 e. The number of nitrogens with zero attached hydrogens (tertiary/aromatic N) is 2. The van der Waals surface area contributed by atoms with Gasteiger partial charge in [0.25, 0.3) is 0 Å². The molecule has 0 fully saturated rings. The third-order valence-corrected chi connectivity index (χ3v) is 11.4. The fourth-order valence-corrected chi connectivity index (χ4v) is 7.43. The van der Waals surface area contributed by atoms with Crippen LogP contribution < -0.4 is 0 Å². The number of hydrogen-bond acceptors (Lipinski definition) is 6. The van der Waals surface area contributed by atoms with E-state index in [-0.39, 0.29) is 11.9 Å². The molecule has 342 valence electrons. The molecule has 0 aliphatic carbocycles. The number of hydrogen-bond donors (Lipinski definition) is 0. The van der Waals surface area contributed by atoms with Crippen molar-refractivity contribution in [3.8, 4) is 0 Å². The third-order valence-electron chi connectivity index (χ3n) is 11.4. The Morgan fingerprint density at radius 3 is 1.00 bits per heavy atom. The zero-order valence-corrected chi connectivity index (χ0v) is 39.8. The highest BCUT2D eigenvalue weighted by molar-refractivity contribution is 5.70. The Morgan fingerprint density at radius 2 is 0.707 bits per heavy atom. The van der Waals surface area contributed by atoms with Crippen LogP contribution in [0.1, 0.15) is 194 Å². The number of likely N-dealkylation sites (N-methyl/N-ethyl adjacent to an activating group) is 2. The van der Waals surface area contributed by atoms with Gasteiger partial charge in [-0.25, -0.2) is 0 Å². The number of carbonyl (C=O) groups excluding carboxylic acids is 2. The predicted octanol–water partition coefficient (Wildman–Crippen LogP) is 12.3. The average molecular weight is 823 g/mol. The molecule has 8 heteroatoms. The van der Waals surface area contributed by atoms with Gasteiger partial charge in [0.1, 0.15) is 26.2 Å². The molecule has 0 spiro atoms. The van der Waals surface area contributed by atoms with E-state index in [1.807, 2.05) is 0 Å². The summed E-state index contributed by atoms with van der Waals surface area (Å²) in [4.78, 5) is 26.8. The van der Waals surface area contributed by atoms with Crippen molar-refractivity contribution in [1.82, 2.24) is 0 Å². The molecule has 0 aliphatic heterocycles. The van der Waals surface area contributed by atoms with Crippen molar-refractivity contribution in [2.24, 2.45) is 0 Å². The highest BCUT2D eigenvalue weighted by atomic mass is 16.6. The SMILES string of the molecule is CCCCCCCCC=CCCCCCCCC(=O)OC(C[N+](C)(C)CCOC)C(C[N+](C)(C)CCOC)OC(=O)CCCCCCCC=CCCCCCCCC. The molecule has 0 amide bonds. The number of quaternary nitrogens is 2. The number of esters is 2. The van der Waals surface area contributed by atoms with Gasteiger partial charge in [0, 0.05) is 27.1 Å². The molecule has 0 rings (SSSR count). The summed E-state index contributed by atoms with van der Waals surface area (Å²) in [5.41, 5.74) is 0. The summed E-state index contributed by atoms with van der Waals surface area (Å²) < 4.78 is 24.6. The van der Waals surface area contributed by atoms with Gasteiger partial charge >= 0.3 is 11.9 Å². The van der Waals surface area contributed by atoms with E-state index in [1.54, 1.807) is 14.2 Å². The second-order valence-corrected chi connectivity index (χ2v) is 18.4. The smallest absolute Gasteiger partial charge is 0.306 e. The molecule has 58 heavy (non-hydrogen) atoms. The average Bonchev–Trinajstić information content (AvgIpc) is 3.18. The van der Waals surface area contributed by atoms with E-state index in [4.69, 9.17) is 18.9 Å². The van der Waals surface area contributed by atoms with Crippen LogP contribution >= 0.6 is 0 Å². The molecule has 8 nitrogen and oxygen atoms in total. The maximum absolute atomic E-state index is 13.4. The summed E-state index contributed by atoms with van der Waals surface area (Å²) in [6.45, 7) is 8.33. The molecule has 0 N–H and O–H groups in total. The maximum atomic E-state index is 13.4. The summed E-state index contributed by atoms with van der Waals surface area (Å²) in [6, 6.07) is 0. The Kier molecular flexibility index (Phi) is 38.2. The first-order valence-electron chi connectivity index (χ1n) is 24.3. The first kappa shape index (κ1) is 56.3. The summed E-state index contributed by atoms with van der Waals surface area (Å²) in [5.74, 6) is -0.398. The molecule has 0 heterocycles. The highest BCUT2D eigenvalue weighted by Crippen LogP contribution is 2.19. The normalized spacial score (nSPS) is 13.4. The molecule has 2 unspecified atom stereocenters. The minimum atomic E-state index is -0.555. The van der Waals surface area contributed by atoms with E-state index in [0.29, 0.717) is 48.1 Å². The summed E-state index contributed by atoms with van der Waals surface area (Å²) in [7, 11) is 11.9. The molecular formula is C50H98N2O6+2. The van der Waals surface area contributed by atoms with Crippen molar-refractivity contribution in [2.75, 3.05) is 81.8 Å². The van der Waals surface area contributed by atoms with Crippen molar-refractivity contribution < 1.29 is 37.5 Å². The minimum absolute atomic E-state index is 0.199. The van der Waals surface area contributed by atoms with Crippen LogP contribution in [0.3, 0.4) is 0 Å². The first-order valence-corrected chi connectivity index (χ1v) is 24.3. The Labute approximate surface area is 360 Å². The van der Waals surface area contributed by atoms with Gasteiger partial charge in [0.15, 0.2) is 12.2 Å². The van der Waals surface area contributed by atoms with Crippen molar-refractivity contribution >= 4 is 11.9 Å². The fourth-order valence-electron chi connectivity index (χ4n) is 7.43. The van der Waals surface area contributed by atoms with Crippen LogP contribution in [0.2, 0.25) is 0 Å². The van der Waals surface area contributed by atoms with Crippen molar-refractivity contribution in [2.45, 2.75) is 206 Å². The molecule has 0 saturated carbocycles. The molecular weight excluding hydrogens is 725 g/mol. The largest absolute Gasteiger partial charge is 0.452 e. The van der Waals surface area contributed by atoms with Gasteiger partial charge in [-0.1, -0.05) is 141 Å². The second kappa shape index (κ2) is 39.4. The standard InChI is InChI=1S/C50H98N2O6/c1-9-11-13-15-17-19-21-23-25-27-29-31-33-35-37-39-49(53)57-47(45-51(3,4)41-43-55-7)48(46-52(5,6)42-44-56-8)58-50(54)40-38-36-34-32-30-28-26-24-22-20-18-16-14-12-10-2/h23-26,47-48H,9-22,27-46H2,1-8H3/q+2. The summed E-state index contributed by atoms with van der Waals surface area (Å²) in [5, 5.41) is 0. The number of allylic oxidation sites excluding steroid dienone is 4. The van der Waals surface area contributed by atoms with Gasteiger partial charge in [-0.2, -0.15) is 0 Å². The zero-order chi connectivity index (χ0) is 43.0. The van der Waals surface area contributed by atoms with Crippen LogP contribution in [0.4, 0.5) is 0 Å². The molecule has 0 aromatic carbocycles. The van der Waals surface area contributed by atoms with E-state index in [2.05, 4.69) is 66.3 Å². The van der Waals surface area contributed by atoms with Crippen molar-refractivity contribution in [3.63, 3.8) is 0 Å². The molecule has 0 aromatic heterocycles. The van der Waals surface area contributed by atoms with Crippen LogP contribution in [0.5, 0.6) is 0 Å². The van der Waals surface area contributed by atoms with Crippen molar-refractivity contribution in [1.29, 1.82) is 0 Å². The molecule has 0 radical (unpaired) electrons. The lowest BCUT2D eigenvalue weighted by atomic mass is 10.1. The Balaban J connectivity index is 5.03. The quantitative estimate of drug-likeness (QED) is 0.0264. The van der Waals surface area contributed by atoms with E-state index in [1.165, 1.54) is 116 Å². The van der Waals surface area contributed by atoms with Crippen LogP contribution in [-0.2, 0) is 28.5 Å². The molecule has 0 bridgehead atoms. The van der Waals surface area contributed by atoms with E-state index >= 15 is 0 Å². The number of rotatable bonds is 43. The zero-order valence-electron chi connectivity index (χ0n) is 39.8. The lowest BCUT2D eigenvalue weighted by Gasteiger charge is -2.39. The number of carbonyl (C=O) groups is 2. The van der Waals surface area contributed by atoms with Crippen LogP contribution in [0.15, 0.2) is 24.3 Å². The highest BCUT2D eigenvalue weighted by Gasteiger charge is 2.39. The van der Waals surface area contributed by atoms with Crippen LogP contribution in [-0.4, -0.2) is 115 Å². The lowest BCUT2D eigenvalue weighted by Crippen LogP contribution is -2.57. The Morgan fingerprint density at radius 1 is 0.431 bits per heavy atom. The van der Waals surface area contributed by atoms with Gasteiger partial charge < -0.3 is 27.9 Å². The van der Waals surface area contributed by atoms with E-state index < -0.39 is 12.2 Å². The molecule has 0 aliphatic rings. The van der Waals surface area contributed by atoms with Crippen molar-refractivity contribution in [3.05, 3.63) is 24.3 Å². The van der Waals surface area contributed by atoms with Crippen LogP contribution in [0.25, 0.3) is 0 Å². The second-order valence-electron chi connectivity index (χ2n) is 18.4. The van der Waals surface area contributed by atoms with Gasteiger partial charge in [-0.3, -0.25) is 9.59 Å².